The van der Waals surface area contributed by atoms with Gasteiger partial charge in [-0.15, -0.1) is 0 Å². The van der Waals surface area contributed by atoms with Crippen LogP contribution in [0.2, 0.25) is 5.02 Å². The number of ketones is 1. The van der Waals surface area contributed by atoms with Crippen molar-refractivity contribution < 1.29 is 14.1 Å². The Balaban J connectivity index is 2.03. The lowest BCUT2D eigenvalue weighted by Gasteiger charge is -2.15. The Morgan fingerprint density at radius 2 is 2.00 bits per heavy atom. The minimum atomic E-state index is -2.31. The number of hydrogen-bond donors (Lipinski definition) is 1. The molecular formula is C16H18ClN3O3S. The first-order valence-corrected chi connectivity index (χ1v) is 9.91. The van der Waals surface area contributed by atoms with Gasteiger partial charge < -0.3 is 5.11 Å². The molecule has 1 saturated heterocycles. The molecule has 6 nitrogen and oxygen atoms in total. The lowest BCUT2D eigenvalue weighted by molar-refractivity contribution is 0.103. The van der Waals surface area contributed by atoms with Gasteiger partial charge >= 0.3 is 0 Å². The minimum absolute atomic E-state index is 0.0680. The third kappa shape index (κ3) is 3.18. The normalized spacial score (nSPS) is 16.8. The zero-order chi connectivity index (χ0) is 17.3. The lowest BCUT2D eigenvalue weighted by Crippen LogP contribution is -2.15. The standard InChI is InChI=1S/C16H18ClN3O3S/c1-20-16(22)12(10-18-20)15(21)11-6-5-7-13(14(11)17)19-24(23)8-3-2-4-9-24/h5-7,10,22H,2-4,8-9H2,1H3. The van der Waals surface area contributed by atoms with E-state index in [9.17, 15) is 14.1 Å². The average molecular weight is 368 g/mol. The average Bonchev–Trinajstić information content (AvgIpc) is 2.89. The third-order valence-corrected chi connectivity index (χ3v) is 6.85. The summed E-state index contributed by atoms with van der Waals surface area (Å²) in [5, 5.41) is 13.9. The molecule has 2 heterocycles. The molecule has 0 spiro atoms. The number of hydrogen-bond acceptors (Lipinski definition) is 5. The van der Waals surface area contributed by atoms with Gasteiger partial charge in [-0.2, -0.15) is 9.46 Å². The molecule has 1 aromatic heterocycles. The molecule has 1 fully saturated rings. The molecule has 1 aromatic carbocycles. The summed E-state index contributed by atoms with van der Waals surface area (Å²) in [6.07, 6.45) is 4.14. The molecule has 8 heteroatoms. The molecular weight excluding hydrogens is 350 g/mol. The van der Waals surface area contributed by atoms with Crippen molar-refractivity contribution in [2.45, 2.75) is 19.3 Å². The van der Waals surface area contributed by atoms with Crippen LogP contribution in [0.3, 0.4) is 0 Å². The van der Waals surface area contributed by atoms with Crippen molar-refractivity contribution in [3.05, 3.63) is 40.5 Å². The molecule has 2 aromatic rings. The van der Waals surface area contributed by atoms with Crippen LogP contribution in [0.5, 0.6) is 5.88 Å². The summed E-state index contributed by atoms with van der Waals surface area (Å²) in [5.74, 6) is 0.452. The number of carbonyl (C=O) groups excluding carboxylic acids is 1. The summed E-state index contributed by atoms with van der Waals surface area (Å²) >= 11 is 6.34. The number of halogens is 1. The van der Waals surface area contributed by atoms with E-state index in [0.29, 0.717) is 17.2 Å². The van der Waals surface area contributed by atoms with Crippen LogP contribution in [0.4, 0.5) is 5.69 Å². The van der Waals surface area contributed by atoms with Gasteiger partial charge in [-0.1, -0.05) is 24.1 Å². The molecule has 3 rings (SSSR count). The van der Waals surface area contributed by atoms with Crippen molar-refractivity contribution in [3.8, 4) is 5.88 Å². The van der Waals surface area contributed by atoms with Gasteiger partial charge in [0.15, 0.2) is 0 Å². The summed E-state index contributed by atoms with van der Waals surface area (Å²) in [4.78, 5) is 12.6. The van der Waals surface area contributed by atoms with Crippen molar-refractivity contribution in [1.82, 2.24) is 9.78 Å². The number of carbonyl (C=O) groups is 1. The summed E-state index contributed by atoms with van der Waals surface area (Å²) < 4.78 is 18.3. The number of aromatic hydroxyl groups is 1. The van der Waals surface area contributed by atoms with E-state index in [1.54, 1.807) is 18.2 Å². The molecule has 0 saturated carbocycles. The lowest BCUT2D eigenvalue weighted by atomic mass is 10.1. The van der Waals surface area contributed by atoms with Gasteiger partial charge in [0.1, 0.15) is 5.56 Å². The van der Waals surface area contributed by atoms with Crippen LogP contribution in [0, 0.1) is 0 Å². The van der Waals surface area contributed by atoms with Crippen LogP contribution in [-0.4, -0.2) is 36.4 Å². The van der Waals surface area contributed by atoms with E-state index in [1.807, 2.05) is 0 Å². The quantitative estimate of drug-likeness (QED) is 0.843. The number of benzene rings is 1. The Labute approximate surface area is 145 Å². The zero-order valence-electron chi connectivity index (χ0n) is 13.2. The topological polar surface area (TPSA) is 84.5 Å². The highest BCUT2D eigenvalue weighted by molar-refractivity contribution is 7.93. The highest BCUT2D eigenvalue weighted by Gasteiger charge is 2.22. The van der Waals surface area contributed by atoms with Crippen molar-refractivity contribution in [2.24, 2.45) is 11.4 Å². The molecule has 0 radical (unpaired) electrons. The molecule has 0 atom stereocenters. The highest BCUT2D eigenvalue weighted by atomic mass is 35.5. The summed E-state index contributed by atoms with van der Waals surface area (Å²) in [6, 6.07) is 4.87. The molecule has 0 aliphatic carbocycles. The van der Waals surface area contributed by atoms with Gasteiger partial charge in [0.05, 0.1) is 26.6 Å². The Morgan fingerprint density at radius 1 is 1.29 bits per heavy atom. The second kappa shape index (κ2) is 6.57. The Hall–Kier alpha value is -1.86. The van der Waals surface area contributed by atoms with E-state index in [0.717, 1.165) is 19.3 Å². The van der Waals surface area contributed by atoms with E-state index in [2.05, 4.69) is 9.46 Å². The van der Waals surface area contributed by atoms with Gasteiger partial charge in [0.2, 0.25) is 11.7 Å². The molecule has 0 bridgehead atoms. The van der Waals surface area contributed by atoms with Crippen LogP contribution in [-0.2, 0) is 16.8 Å². The largest absolute Gasteiger partial charge is 0.493 e. The second-order valence-electron chi connectivity index (χ2n) is 5.81. The molecule has 24 heavy (non-hydrogen) atoms. The molecule has 128 valence electrons. The molecule has 1 N–H and O–H groups in total. The summed E-state index contributed by atoms with van der Waals surface area (Å²) in [7, 11) is -0.779. The first-order valence-electron chi connectivity index (χ1n) is 7.68. The minimum Gasteiger partial charge on any atom is -0.493 e. The van der Waals surface area contributed by atoms with E-state index in [-0.39, 0.29) is 22.0 Å². The van der Waals surface area contributed by atoms with Crippen LogP contribution in [0.25, 0.3) is 0 Å². The smallest absolute Gasteiger partial charge is 0.220 e. The summed E-state index contributed by atoms with van der Waals surface area (Å²) in [6.45, 7) is 0. The third-order valence-electron chi connectivity index (χ3n) is 4.07. The van der Waals surface area contributed by atoms with Gasteiger partial charge in [-0.3, -0.25) is 4.79 Å². The SMILES string of the molecule is Cn1ncc(C(=O)c2cccc(N=S3(=O)CCCCC3)c2Cl)c1O. The Morgan fingerprint density at radius 3 is 2.62 bits per heavy atom. The van der Waals surface area contributed by atoms with E-state index >= 15 is 0 Å². The number of aromatic nitrogens is 2. The number of rotatable bonds is 3. The maximum atomic E-state index is 12.8. The predicted molar refractivity (Wildman–Crippen MR) is 93.6 cm³/mol. The molecule has 0 unspecified atom stereocenters. The van der Waals surface area contributed by atoms with E-state index < -0.39 is 15.5 Å². The Bertz CT molecular complexity index is 901. The summed E-state index contributed by atoms with van der Waals surface area (Å²) in [5.41, 5.74) is 0.635. The predicted octanol–water partition coefficient (Wildman–Crippen LogP) is 3.29. The highest BCUT2D eigenvalue weighted by Crippen LogP contribution is 2.33. The zero-order valence-corrected chi connectivity index (χ0v) is 14.8. The monoisotopic (exact) mass is 367 g/mol. The van der Waals surface area contributed by atoms with Crippen LogP contribution < -0.4 is 0 Å². The van der Waals surface area contributed by atoms with Crippen molar-refractivity contribution >= 4 is 32.8 Å². The fourth-order valence-electron chi connectivity index (χ4n) is 2.71. The first kappa shape index (κ1) is 17.0. The van der Waals surface area contributed by atoms with E-state index in [1.165, 1.54) is 17.9 Å². The van der Waals surface area contributed by atoms with Crippen LogP contribution in [0.15, 0.2) is 28.8 Å². The molecule has 0 amide bonds. The van der Waals surface area contributed by atoms with Gasteiger partial charge in [0, 0.05) is 24.1 Å². The fraction of sp³-hybridized carbons (Fsp3) is 0.375. The second-order valence-corrected chi connectivity index (χ2v) is 8.73. The van der Waals surface area contributed by atoms with Gasteiger partial charge in [-0.25, -0.2) is 8.89 Å². The Kier molecular flexibility index (Phi) is 4.64. The number of nitrogens with zero attached hydrogens (tertiary/aromatic N) is 3. The van der Waals surface area contributed by atoms with Crippen LogP contribution >= 0.6 is 11.6 Å². The van der Waals surface area contributed by atoms with Gasteiger partial charge in [0.25, 0.3) is 0 Å². The first-order chi connectivity index (χ1) is 11.4. The maximum absolute atomic E-state index is 12.8. The van der Waals surface area contributed by atoms with Gasteiger partial charge in [-0.05, 0) is 25.0 Å². The molecule has 1 aliphatic rings. The fourth-order valence-corrected chi connectivity index (χ4v) is 5.22. The van der Waals surface area contributed by atoms with Crippen molar-refractivity contribution in [1.29, 1.82) is 0 Å². The number of aryl methyl sites for hydroxylation is 1. The van der Waals surface area contributed by atoms with Crippen molar-refractivity contribution in [2.75, 3.05) is 11.5 Å². The maximum Gasteiger partial charge on any atom is 0.220 e. The van der Waals surface area contributed by atoms with Crippen LogP contribution in [0.1, 0.15) is 35.2 Å². The molecule has 1 aliphatic heterocycles. The van der Waals surface area contributed by atoms with E-state index in [4.69, 9.17) is 11.6 Å². The van der Waals surface area contributed by atoms with Crippen molar-refractivity contribution in [3.63, 3.8) is 0 Å².